The molecule has 0 aliphatic carbocycles. The van der Waals surface area contributed by atoms with Crippen molar-refractivity contribution in [3.05, 3.63) is 23.8 Å². The molecular weight excluding hydrogens is 216 g/mol. The van der Waals surface area contributed by atoms with Crippen LogP contribution < -0.4 is 0 Å². The number of hydrogen-bond acceptors (Lipinski definition) is 5. The average molecular weight is 224 g/mol. The molecule has 1 heterocycles. The van der Waals surface area contributed by atoms with Gasteiger partial charge < -0.3 is 10.2 Å². The van der Waals surface area contributed by atoms with Crippen LogP contribution in [-0.2, 0) is 16.0 Å². The third-order valence-electron chi connectivity index (χ3n) is 1.62. The van der Waals surface area contributed by atoms with E-state index in [-0.39, 0.29) is 12.2 Å². The van der Waals surface area contributed by atoms with E-state index in [1.165, 1.54) is 12.4 Å². The molecule has 0 unspecified atom stereocenters. The SMILES string of the molecule is O=C(O)CC(=O)c1ncc(CC(=O)O)cn1. The van der Waals surface area contributed by atoms with Crippen LogP contribution in [0.15, 0.2) is 12.4 Å². The molecule has 7 heteroatoms. The van der Waals surface area contributed by atoms with E-state index in [0.717, 1.165) is 0 Å². The Kier molecular flexibility index (Phi) is 3.65. The second kappa shape index (κ2) is 4.96. The van der Waals surface area contributed by atoms with Gasteiger partial charge in [-0.15, -0.1) is 0 Å². The molecule has 0 saturated carbocycles. The first-order chi connectivity index (χ1) is 7.49. The molecule has 1 aromatic rings. The zero-order valence-electron chi connectivity index (χ0n) is 8.08. The van der Waals surface area contributed by atoms with Crippen molar-refractivity contribution in [2.24, 2.45) is 0 Å². The Morgan fingerprint density at radius 1 is 1.06 bits per heavy atom. The lowest BCUT2D eigenvalue weighted by Crippen LogP contribution is -2.11. The highest BCUT2D eigenvalue weighted by Gasteiger charge is 2.13. The number of Topliss-reactive ketones (excluding diaryl/α,β-unsaturated/α-hetero) is 1. The van der Waals surface area contributed by atoms with Crippen LogP contribution in [-0.4, -0.2) is 37.9 Å². The summed E-state index contributed by atoms with van der Waals surface area (Å²) in [5, 5.41) is 16.8. The van der Waals surface area contributed by atoms with Crippen molar-refractivity contribution in [2.45, 2.75) is 12.8 Å². The largest absolute Gasteiger partial charge is 0.481 e. The predicted octanol–water partition coefficient (Wildman–Crippen LogP) is -0.239. The molecule has 0 radical (unpaired) electrons. The second-order valence-electron chi connectivity index (χ2n) is 2.98. The summed E-state index contributed by atoms with van der Waals surface area (Å²) in [5.74, 6) is -3.23. The van der Waals surface area contributed by atoms with Crippen LogP contribution in [0.1, 0.15) is 22.6 Å². The fourth-order valence-corrected chi connectivity index (χ4v) is 0.981. The molecule has 0 bridgehead atoms. The van der Waals surface area contributed by atoms with E-state index in [1.807, 2.05) is 0 Å². The lowest BCUT2D eigenvalue weighted by atomic mass is 10.2. The number of nitrogens with zero attached hydrogens (tertiary/aromatic N) is 2. The molecule has 0 aliphatic rings. The van der Waals surface area contributed by atoms with Gasteiger partial charge in [0.05, 0.1) is 6.42 Å². The molecule has 84 valence electrons. The minimum absolute atomic E-state index is 0.225. The van der Waals surface area contributed by atoms with Gasteiger partial charge in [0.2, 0.25) is 5.78 Å². The molecule has 0 spiro atoms. The van der Waals surface area contributed by atoms with Crippen molar-refractivity contribution in [1.82, 2.24) is 9.97 Å². The normalized spacial score (nSPS) is 9.75. The molecule has 0 atom stereocenters. The highest BCUT2D eigenvalue weighted by Crippen LogP contribution is 2.00. The lowest BCUT2D eigenvalue weighted by molar-refractivity contribution is -0.137. The molecule has 0 fully saturated rings. The summed E-state index contributed by atoms with van der Waals surface area (Å²) in [6.07, 6.45) is 1.46. The van der Waals surface area contributed by atoms with Gasteiger partial charge in [-0.2, -0.15) is 0 Å². The molecule has 0 saturated heterocycles. The van der Waals surface area contributed by atoms with Gasteiger partial charge in [0, 0.05) is 12.4 Å². The number of rotatable bonds is 5. The van der Waals surface area contributed by atoms with E-state index in [9.17, 15) is 14.4 Å². The summed E-state index contributed by atoms with van der Waals surface area (Å²) < 4.78 is 0. The van der Waals surface area contributed by atoms with Crippen molar-refractivity contribution >= 4 is 17.7 Å². The summed E-state index contributed by atoms with van der Waals surface area (Å²) in [5.41, 5.74) is 0.347. The van der Waals surface area contributed by atoms with E-state index in [4.69, 9.17) is 10.2 Å². The van der Waals surface area contributed by atoms with Crippen molar-refractivity contribution in [1.29, 1.82) is 0 Å². The van der Waals surface area contributed by atoms with Crippen LogP contribution in [0.4, 0.5) is 0 Å². The van der Waals surface area contributed by atoms with Crippen LogP contribution in [0.2, 0.25) is 0 Å². The van der Waals surface area contributed by atoms with Crippen molar-refractivity contribution in [3.63, 3.8) is 0 Å². The number of carbonyl (C=O) groups excluding carboxylic acids is 1. The van der Waals surface area contributed by atoms with Crippen molar-refractivity contribution < 1.29 is 24.6 Å². The maximum atomic E-state index is 11.2. The van der Waals surface area contributed by atoms with Crippen LogP contribution in [0, 0.1) is 0 Å². The Morgan fingerprint density at radius 2 is 1.62 bits per heavy atom. The first-order valence-electron chi connectivity index (χ1n) is 4.26. The summed E-state index contributed by atoms with van der Waals surface area (Å²) >= 11 is 0. The molecule has 1 aromatic heterocycles. The number of carboxylic acids is 2. The Hall–Kier alpha value is -2.31. The first kappa shape index (κ1) is 11.8. The quantitative estimate of drug-likeness (QED) is 0.523. The Balaban J connectivity index is 2.74. The maximum absolute atomic E-state index is 11.2. The van der Waals surface area contributed by atoms with Gasteiger partial charge >= 0.3 is 11.9 Å². The number of carbonyl (C=O) groups is 3. The third kappa shape index (κ3) is 3.45. The monoisotopic (exact) mass is 224 g/mol. The van der Waals surface area contributed by atoms with Gasteiger partial charge in [-0.1, -0.05) is 0 Å². The minimum atomic E-state index is -1.26. The van der Waals surface area contributed by atoms with Crippen molar-refractivity contribution in [3.8, 4) is 0 Å². The highest BCUT2D eigenvalue weighted by molar-refractivity contribution is 6.03. The molecule has 0 aliphatic heterocycles. The van der Waals surface area contributed by atoms with E-state index in [2.05, 4.69) is 9.97 Å². The zero-order valence-corrected chi connectivity index (χ0v) is 8.08. The fraction of sp³-hybridized carbons (Fsp3) is 0.222. The number of aliphatic carboxylic acids is 2. The maximum Gasteiger partial charge on any atom is 0.311 e. The summed E-state index contributed by atoms with van der Waals surface area (Å²) in [6, 6.07) is 0. The molecule has 1 rings (SSSR count). The van der Waals surface area contributed by atoms with Crippen molar-refractivity contribution in [2.75, 3.05) is 0 Å². The van der Waals surface area contributed by atoms with E-state index < -0.39 is 24.1 Å². The van der Waals surface area contributed by atoms with Crippen LogP contribution in [0.3, 0.4) is 0 Å². The summed E-state index contributed by atoms with van der Waals surface area (Å²) in [4.78, 5) is 38.9. The molecule has 0 amide bonds. The number of aromatic nitrogens is 2. The summed E-state index contributed by atoms with van der Waals surface area (Å²) in [7, 11) is 0. The number of hydrogen-bond donors (Lipinski definition) is 2. The van der Waals surface area contributed by atoms with Gasteiger partial charge in [0.25, 0.3) is 0 Å². The van der Waals surface area contributed by atoms with E-state index >= 15 is 0 Å². The summed E-state index contributed by atoms with van der Waals surface area (Å²) in [6.45, 7) is 0. The molecule has 16 heavy (non-hydrogen) atoms. The van der Waals surface area contributed by atoms with E-state index in [1.54, 1.807) is 0 Å². The second-order valence-corrected chi connectivity index (χ2v) is 2.98. The Morgan fingerprint density at radius 3 is 2.06 bits per heavy atom. The first-order valence-corrected chi connectivity index (χ1v) is 4.26. The third-order valence-corrected chi connectivity index (χ3v) is 1.62. The Labute approximate surface area is 89.8 Å². The topological polar surface area (TPSA) is 117 Å². The lowest BCUT2D eigenvalue weighted by Gasteiger charge is -1.98. The fourth-order valence-electron chi connectivity index (χ4n) is 0.981. The highest BCUT2D eigenvalue weighted by atomic mass is 16.4. The smallest absolute Gasteiger partial charge is 0.311 e. The van der Waals surface area contributed by atoms with Gasteiger partial charge in [-0.3, -0.25) is 14.4 Å². The zero-order chi connectivity index (χ0) is 12.1. The van der Waals surface area contributed by atoms with Gasteiger partial charge in [-0.25, -0.2) is 9.97 Å². The molecular formula is C9H8N2O5. The predicted molar refractivity (Wildman–Crippen MR) is 50.0 cm³/mol. The standard InChI is InChI=1S/C9H8N2O5/c12-6(2-8(15)16)9-10-3-5(4-11-9)1-7(13)14/h3-4H,1-2H2,(H,13,14)(H,15,16). The van der Waals surface area contributed by atoms with Gasteiger partial charge in [0.15, 0.2) is 5.82 Å². The molecule has 0 aromatic carbocycles. The van der Waals surface area contributed by atoms with Crippen LogP contribution in [0.5, 0.6) is 0 Å². The molecule has 7 nitrogen and oxygen atoms in total. The van der Waals surface area contributed by atoms with Gasteiger partial charge in [0.1, 0.15) is 6.42 Å². The number of carboxylic acid groups (broad SMARTS) is 2. The number of ketones is 1. The van der Waals surface area contributed by atoms with Crippen LogP contribution in [0.25, 0.3) is 0 Å². The minimum Gasteiger partial charge on any atom is -0.481 e. The van der Waals surface area contributed by atoms with Crippen LogP contribution >= 0.6 is 0 Å². The van der Waals surface area contributed by atoms with E-state index in [0.29, 0.717) is 5.56 Å². The Bertz CT molecular complexity index is 426. The molecule has 2 N–H and O–H groups in total. The van der Waals surface area contributed by atoms with Gasteiger partial charge in [-0.05, 0) is 5.56 Å². The average Bonchev–Trinajstić information content (AvgIpc) is 2.16.